The number of rotatable bonds is 5. The zero-order valence-corrected chi connectivity index (χ0v) is 16.5. The predicted molar refractivity (Wildman–Crippen MR) is 100 cm³/mol. The van der Waals surface area contributed by atoms with E-state index in [0.29, 0.717) is 35.8 Å². The van der Waals surface area contributed by atoms with E-state index in [2.05, 4.69) is 20.9 Å². The summed E-state index contributed by atoms with van der Waals surface area (Å²) in [6.45, 7) is 2.83. The minimum absolute atomic E-state index is 0.216. The minimum atomic E-state index is -0.637. The SMILES string of the molecule is COc1nc(-c2cccc(Br)c2Cl)ccc1C(=O)N1CC(C)(OC=O)C1. The van der Waals surface area contributed by atoms with Gasteiger partial charge in [-0.3, -0.25) is 9.59 Å². The Morgan fingerprint density at radius 1 is 1.35 bits per heavy atom. The number of aromatic nitrogens is 1. The lowest BCUT2D eigenvalue weighted by atomic mass is 9.95. The number of carbonyl (C=O) groups excluding carboxylic acids is 2. The van der Waals surface area contributed by atoms with E-state index in [9.17, 15) is 9.59 Å². The van der Waals surface area contributed by atoms with E-state index in [0.717, 1.165) is 10.0 Å². The van der Waals surface area contributed by atoms with Crippen molar-refractivity contribution in [2.75, 3.05) is 20.2 Å². The van der Waals surface area contributed by atoms with E-state index in [1.54, 1.807) is 24.0 Å². The first-order valence-electron chi connectivity index (χ1n) is 7.79. The summed E-state index contributed by atoms with van der Waals surface area (Å²) in [5, 5.41) is 0.533. The van der Waals surface area contributed by atoms with Crippen LogP contribution < -0.4 is 4.74 Å². The molecule has 1 aromatic carbocycles. The number of methoxy groups -OCH3 is 1. The summed E-state index contributed by atoms with van der Waals surface area (Å²) in [6.07, 6.45) is 0. The number of halogens is 2. The zero-order chi connectivity index (χ0) is 18.9. The monoisotopic (exact) mass is 438 g/mol. The van der Waals surface area contributed by atoms with Gasteiger partial charge in [-0.25, -0.2) is 4.98 Å². The lowest BCUT2D eigenvalue weighted by molar-refractivity contribution is -0.156. The first kappa shape index (κ1) is 18.7. The highest BCUT2D eigenvalue weighted by atomic mass is 79.9. The molecule has 0 saturated carbocycles. The second-order valence-electron chi connectivity index (χ2n) is 6.18. The molecule has 0 bridgehead atoms. The molecule has 26 heavy (non-hydrogen) atoms. The largest absolute Gasteiger partial charge is 0.480 e. The third-order valence-corrected chi connectivity index (χ3v) is 5.48. The number of hydrogen-bond acceptors (Lipinski definition) is 5. The first-order valence-corrected chi connectivity index (χ1v) is 8.96. The normalized spacial score (nSPS) is 15.2. The molecule has 8 heteroatoms. The number of likely N-dealkylation sites (tertiary alicyclic amines) is 1. The Balaban J connectivity index is 1.87. The van der Waals surface area contributed by atoms with Gasteiger partial charge in [0.15, 0.2) is 0 Å². The minimum Gasteiger partial charge on any atom is -0.480 e. The van der Waals surface area contributed by atoms with E-state index in [1.165, 1.54) is 7.11 Å². The number of ether oxygens (including phenoxy) is 2. The topological polar surface area (TPSA) is 68.7 Å². The molecule has 1 aromatic heterocycles. The standard InChI is InChI=1S/C18H16BrClN2O4/c1-18(26-10-23)8-22(9-18)17(24)12-6-7-14(21-16(12)25-2)11-4-3-5-13(19)15(11)20/h3-7,10H,8-9H2,1-2H3. The Kier molecular flexibility index (Phi) is 5.20. The van der Waals surface area contributed by atoms with Crippen molar-refractivity contribution in [3.05, 3.63) is 45.4 Å². The van der Waals surface area contributed by atoms with E-state index >= 15 is 0 Å². The van der Waals surface area contributed by atoms with Crippen LogP contribution in [0.25, 0.3) is 11.3 Å². The number of pyridine rings is 1. The number of benzene rings is 1. The number of hydrogen-bond donors (Lipinski definition) is 0. The Hall–Kier alpha value is -2.12. The summed E-state index contributed by atoms with van der Waals surface area (Å²) in [5.41, 5.74) is 1.04. The number of nitrogens with zero attached hydrogens (tertiary/aromatic N) is 2. The van der Waals surface area contributed by atoms with Gasteiger partial charge >= 0.3 is 0 Å². The van der Waals surface area contributed by atoms with E-state index in [4.69, 9.17) is 21.1 Å². The van der Waals surface area contributed by atoms with Gasteiger partial charge in [0.25, 0.3) is 12.4 Å². The molecule has 0 atom stereocenters. The van der Waals surface area contributed by atoms with Gasteiger partial charge in [0.1, 0.15) is 11.2 Å². The van der Waals surface area contributed by atoms with Crippen molar-refractivity contribution in [1.82, 2.24) is 9.88 Å². The van der Waals surface area contributed by atoms with Gasteiger partial charge in [0.05, 0.1) is 30.9 Å². The van der Waals surface area contributed by atoms with Gasteiger partial charge < -0.3 is 14.4 Å². The van der Waals surface area contributed by atoms with Crippen molar-refractivity contribution >= 4 is 39.9 Å². The molecular formula is C18H16BrClN2O4. The van der Waals surface area contributed by atoms with Gasteiger partial charge in [-0.2, -0.15) is 0 Å². The molecule has 1 fully saturated rings. The maximum absolute atomic E-state index is 12.7. The number of amides is 1. The summed E-state index contributed by atoms with van der Waals surface area (Å²) >= 11 is 9.71. The predicted octanol–water partition coefficient (Wildman–Crippen LogP) is 3.56. The zero-order valence-electron chi connectivity index (χ0n) is 14.2. The van der Waals surface area contributed by atoms with Crippen LogP contribution >= 0.6 is 27.5 Å². The molecule has 2 heterocycles. The molecule has 0 radical (unpaired) electrons. The van der Waals surface area contributed by atoms with Crippen LogP contribution in [0.5, 0.6) is 5.88 Å². The van der Waals surface area contributed by atoms with Crippen LogP contribution in [-0.4, -0.2) is 48.1 Å². The Labute approximate surface area is 164 Å². The molecule has 0 N–H and O–H groups in total. The lowest BCUT2D eigenvalue weighted by Crippen LogP contribution is -2.63. The fourth-order valence-corrected chi connectivity index (χ4v) is 3.47. The van der Waals surface area contributed by atoms with Gasteiger partial charge in [-0.15, -0.1) is 0 Å². The van der Waals surface area contributed by atoms with Crippen LogP contribution in [0.1, 0.15) is 17.3 Å². The molecule has 1 saturated heterocycles. The Morgan fingerprint density at radius 2 is 2.08 bits per heavy atom. The summed E-state index contributed by atoms with van der Waals surface area (Å²) in [4.78, 5) is 29.2. The van der Waals surface area contributed by atoms with Crippen LogP contribution in [0.2, 0.25) is 5.02 Å². The molecule has 1 aliphatic rings. The summed E-state index contributed by atoms with van der Waals surface area (Å²) in [7, 11) is 1.46. The molecule has 2 aromatic rings. The third-order valence-electron chi connectivity index (χ3n) is 4.18. The van der Waals surface area contributed by atoms with Gasteiger partial charge in [0, 0.05) is 10.0 Å². The number of carbonyl (C=O) groups is 2. The van der Waals surface area contributed by atoms with Crippen molar-refractivity contribution in [3.63, 3.8) is 0 Å². The van der Waals surface area contributed by atoms with Gasteiger partial charge in [-0.05, 0) is 41.1 Å². The average molecular weight is 440 g/mol. The molecular weight excluding hydrogens is 424 g/mol. The van der Waals surface area contributed by atoms with Crippen molar-refractivity contribution in [3.8, 4) is 17.1 Å². The first-order chi connectivity index (χ1) is 12.4. The molecule has 0 unspecified atom stereocenters. The fraction of sp³-hybridized carbons (Fsp3) is 0.278. The van der Waals surface area contributed by atoms with E-state index < -0.39 is 5.60 Å². The van der Waals surface area contributed by atoms with Crippen LogP contribution in [0.4, 0.5) is 0 Å². The molecule has 0 aliphatic carbocycles. The van der Waals surface area contributed by atoms with Gasteiger partial charge in [0.2, 0.25) is 5.88 Å². The highest BCUT2D eigenvalue weighted by Gasteiger charge is 2.44. The van der Waals surface area contributed by atoms with Crippen LogP contribution in [0.15, 0.2) is 34.8 Å². The van der Waals surface area contributed by atoms with E-state index in [-0.39, 0.29) is 11.8 Å². The molecule has 0 spiro atoms. The average Bonchev–Trinajstić information content (AvgIpc) is 2.61. The van der Waals surface area contributed by atoms with E-state index in [1.807, 2.05) is 18.2 Å². The fourth-order valence-electron chi connectivity index (χ4n) is 2.88. The third kappa shape index (κ3) is 3.41. The molecule has 1 aliphatic heterocycles. The molecule has 136 valence electrons. The van der Waals surface area contributed by atoms with Crippen molar-refractivity contribution < 1.29 is 19.1 Å². The molecule has 3 rings (SSSR count). The second kappa shape index (κ2) is 7.25. The maximum Gasteiger partial charge on any atom is 0.293 e. The Morgan fingerprint density at radius 3 is 2.73 bits per heavy atom. The quantitative estimate of drug-likeness (QED) is 0.666. The molecule has 1 amide bonds. The summed E-state index contributed by atoms with van der Waals surface area (Å²) < 4.78 is 11.1. The van der Waals surface area contributed by atoms with Gasteiger partial charge in [-0.1, -0.05) is 23.7 Å². The highest BCUT2D eigenvalue weighted by molar-refractivity contribution is 9.10. The summed E-state index contributed by atoms with van der Waals surface area (Å²) in [6, 6.07) is 8.92. The second-order valence-corrected chi connectivity index (χ2v) is 7.41. The van der Waals surface area contributed by atoms with Crippen LogP contribution in [-0.2, 0) is 9.53 Å². The maximum atomic E-state index is 12.7. The van der Waals surface area contributed by atoms with Crippen molar-refractivity contribution in [2.45, 2.75) is 12.5 Å². The lowest BCUT2D eigenvalue weighted by Gasteiger charge is -2.46. The highest BCUT2D eigenvalue weighted by Crippen LogP contribution is 2.35. The Bertz CT molecular complexity index is 868. The molecule has 6 nitrogen and oxygen atoms in total. The van der Waals surface area contributed by atoms with Crippen molar-refractivity contribution in [2.24, 2.45) is 0 Å². The summed E-state index contributed by atoms with van der Waals surface area (Å²) in [5.74, 6) is -0.0123. The van der Waals surface area contributed by atoms with Crippen LogP contribution in [0.3, 0.4) is 0 Å². The smallest absolute Gasteiger partial charge is 0.293 e. The van der Waals surface area contributed by atoms with Crippen LogP contribution in [0, 0.1) is 0 Å². The van der Waals surface area contributed by atoms with Crippen molar-refractivity contribution in [1.29, 1.82) is 0 Å².